The molecule has 0 aliphatic carbocycles. The van der Waals surface area contributed by atoms with Gasteiger partial charge in [-0.1, -0.05) is 30.3 Å². The fraction of sp³-hybridized carbons (Fsp3) is 0.500. The van der Waals surface area contributed by atoms with Crippen LogP contribution in [0.1, 0.15) is 11.9 Å². The molecule has 1 heterocycles. The van der Waals surface area contributed by atoms with Crippen molar-refractivity contribution in [1.82, 2.24) is 0 Å². The first-order valence-electron chi connectivity index (χ1n) is 5.51. The van der Waals surface area contributed by atoms with Crippen molar-refractivity contribution < 1.29 is 24.8 Å². The Hall–Kier alpha value is -0.980. The normalized spacial score (nSPS) is 31.1. The summed E-state index contributed by atoms with van der Waals surface area (Å²) in [6.07, 6.45) is -3.50. The van der Waals surface area contributed by atoms with E-state index >= 15 is 0 Å². The van der Waals surface area contributed by atoms with Gasteiger partial charge in [-0.2, -0.15) is 0 Å². The highest BCUT2D eigenvalue weighted by Crippen LogP contribution is 2.27. The molecule has 5 nitrogen and oxygen atoms in total. The SMILES string of the molecule is OC[C@H](O)[C@@H]1OC(c2ccccc2)OC[C@@H]1O. The van der Waals surface area contributed by atoms with Gasteiger partial charge in [0, 0.05) is 5.56 Å². The molecule has 17 heavy (non-hydrogen) atoms. The first kappa shape index (κ1) is 12.5. The van der Waals surface area contributed by atoms with E-state index in [1.165, 1.54) is 0 Å². The van der Waals surface area contributed by atoms with E-state index in [0.717, 1.165) is 5.56 Å². The Bertz CT molecular complexity index is 338. The van der Waals surface area contributed by atoms with Crippen LogP contribution in [0.5, 0.6) is 0 Å². The zero-order valence-electron chi connectivity index (χ0n) is 9.27. The van der Waals surface area contributed by atoms with Crippen molar-refractivity contribution >= 4 is 0 Å². The molecule has 0 saturated carbocycles. The van der Waals surface area contributed by atoms with Crippen molar-refractivity contribution in [1.29, 1.82) is 0 Å². The lowest BCUT2D eigenvalue weighted by atomic mass is 10.1. The van der Waals surface area contributed by atoms with Crippen LogP contribution in [0.25, 0.3) is 0 Å². The molecule has 1 aromatic carbocycles. The van der Waals surface area contributed by atoms with Gasteiger partial charge in [-0.3, -0.25) is 0 Å². The maximum absolute atomic E-state index is 9.61. The van der Waals surface area contributed by atoms with Crippen LogP contribution >= 0.6 is 0 Å². The predicted octanol–water partition coefficient (Wildman–Crippen LogP) is -0.185. The maximum atomic E-state index is 9.61. The fourth-order valence-electron chi connectivity index (χ4n) is 1.79. The molecule has 0 amide bonds. The van der Waals surface area contributed by atoms with Gasteiger partial charge in [0.25, 0.3) is 0 Å². The molecule has 1 fully saturated rings. The van der Waals surface area contributed by atoms with E-state index < -0.39 is 31.2 Å². The molecule has 4 atom stereocenters. The summed E-state index contributed by atoms with van der Waals surface area (Å²) in [4.78, 5) is 0. The smallest absolute Gasteiger partial charge is 0.184 e. The monoisotopic (exact) mass is 240 g/mol. The Balaban J connectivity index is 2.08. The lowest BCUT2D eigenvalue weighted by molar-refractivity contribution is -0.277. The summed E-state index contributed by atoms with van der Waals surface area (Å²) in [5.41, 5.74) is 0.814. The average molecular weight is 240 g/mol. The quantitative estimate of drug-likeness (QED) is 0.682. The van der Waals surface area contributed by atoms with Crippen LogP contribution in [0.2, 0.25) is 0 Å². The molecule has 0 radical (unpaired) electrons. The van der Waals surface area contributed by atoms with E-state index in [-0.39, 0.29) is 6.61 Å². The van der Waals surface area contributed by atoms with Crippen LogP contribution in [0.3, 0.4) is 0 Å². The van der Waals surface area contributed by atoms with E-state index in [2.05, 4.69) is 0 Å². The molecule has 1 saturated heterocycles. The van der Waals surface area contributed by atoms with Gasteiger partial charge in [-0.15, -0.1) is 0 Å². The number of hydrogen-bond acceptors (Lipinski definition) is 5. The number of benzene rings is 1. The van der Waals surface area contributed by atoms with Gasteiger partial charge in [-0.25, -0.2) is 0 Å². The third-order valence-electron chi connectivity index (χ3n) is 2.72. The van der Waals surface area contributed by atoms with Crippen LogP contribution in [-0.4, -0.2) is 46.8 Å². The summed E-state index contributed by atoms with van der Waals surface area (Å²) in [6.45, 7) is -0.384. The van der Waals surface area contributed by atoms with Crippen molar-refractivity contribution in [3.63, 3.8) is 0 Å². The Labute approximate surface area is 99.2 Å². The second-order valence-electron chi connectivity index (χ2n) is 3.99. The van der Waals surface area contributed by atoms with Crippen molar-refractivity contribution in [2.45, 2.75) is 24.6 Å². The molecule has 1 aliphatic heterocycles. The third-order valence-corrected chi connectivity index (χ3v) is 2.72. The molecule has 1 unspecified atom stereocenters. The zero-order valence-corrected chi connectivity index (χ0v) is 9.27. The van der Waals surface area contributed by atoms with Crippen molar-refractivity contribution in [2.75, 3.05) is 13.2 Å². The Morgan fingerprint density at radius 3 is 2.65 bits per heavy atom. The third kappa shape index (κ3) is 2.83. The van der Waals surface area contributed by atoms with Crippen LogP contribution in [0.4, 0.5) is 0 Å². The molecule has 1 aromatic rings. The Morgan fingerprint density at radius 2 is 2.00 bits per heavy atom. The minimum atomic E-state index is -1.11. The molecular weight excluding hydrogens is 224 g/mol. The van der Waals surface area contributed by atoms with Crippen LogP contribution in [-0.2, 0) is 9.47 Å². The second kappa shape index (κ2) is 5.57. The largest absolute Gasteiger partial charge is 0.394 e. The highest BCUT2D eigenvalue weighted by Gasteiger charge is 2.35. The standard InChI is InChI=1S/C12H16O5/c13-6-9(14)11-10(15)7-16-12(17-11)8-4-2-1-3-5-8/h1-5,9-15H,6-7H2/t9-,10-,11-,12?/m0/s1. The topological polar surface area (TPSA) is 79.2 Å². The summed E-state index contributed by atoms with van der Waals surface area (Å²) < 4.78 is 10.8. The van der Waals surface area contributed by atoms with E-state index in [9.17, 15) is 10.2 Å². The lowest BCUT2D eigenvalue weighted by Crippen LogP contribution is -2.48. The minimum absolute atomic E-state index is 0.0707. The van der Waals surface area contributed by atoms with Crippen LogP contribution in [0.15, 0.2) is 30.3 Å². The van der Waals surface area contributed by atoms with E-state index in [4.69, 9.17) is 14.6 Å². The average Bonchev–Trinajstić information content (AvgIpc) is 2.39. The highest BCUT2D eigenvalue weighted by molar-refractivity contribution is 5.16. The highest BCUT2D eigenvalue weighted by atomic mass is 16.7. The number of hydrogen-bond donors (Lipinski definition) is 3. The summed E-state index contributed by atoms with van der Waals surface area (Å²) in [7, 11) is 0. The summed E-state index contributed by atoms with van der Waals surface area (Å²) in [5.74, 6) is 0. The van der Waals surface area contributed by atoms with Crippen LogP contribution in [0, 0.1) is 0 Å². The summed E-state index contributed by atoms with van der Waals surface area (Å²) >= 11 is 0. The molecule has 2 rings (SSSR count). The van der Waals surface area contributed by atoms with Gasteiger partial charge in [0.1, 0.15) is 18.3 Å². The second-order valence-corrected chi connectivity index (χ2v) is 3.99. The predicted molar refractivity (Wildman–Crippen MR) is 59.1 cm³/mol. The van der Waals surface area contributed by atoms with Crippen molar-refractivity contribution in [3.8, 4) is 0 Å². The van der Waals surface area contributed by atoms with E-state index in [1.807, 2.05) is 30.3 Å². The zero-order chi connectivity index (χ0) is 12.3. The first-order valence-corrected chi connectivity index (χ1v) is 5.51. The van der Waals surface area contributed by atoms with E-state index in [0.29, 0.717) is 0 Å². The van der Waals surface area contributed by atoms with Gasteiger partial charge in [0.15, 0.2) is 6.29 Å². The van der Waals surface area contributed by atoms with Gasteiger partial charge in [0.2, 0.25) is 0 Å². The summed E-state index contributed by atoms with van der Waals surface area (Å²) in [5, 5.41) is 28.0. The van der Waals surface area contributed by atoms with E-state index in [1.54, 1.807) is 0 Å². The first-order chi connectivity index (χ1) is 8.22. The number of aliphatic hydroxyl groups is 3. The number of rotatable bonds is 3. The van der Waals surface area contributed by atoms with Gasteiger partial charge < -0.3 is 24.8 Å². The molecule has 3 N–H and O–H groups in total. The van der Waals surface area contributed by atoms with Gasteiger partial charge >= 0.3 is 0 Å². The molecule has 0 spiro atoms. The molecule has 0 aromatic heterocycles. The Kier molecular flexibility index (Phi) is 4.09. The minimum Gasteiger partial charge on any atom is -0.394 e. The lowest BCUT2D eigenvalue weighted by Gasteiger charge is -2.36. The van der Waals surface area contributed by atoms with Crippen molar-refractivity contribution in [3.05, 3.63) is 35.9 Å². The number of ether oxygens (including phenoxy) is 2. The van der Waals surface area contributed by atoms with Gasteiger partial charge in [-0.05, 0) is 0 Å². The number of aliphatic hydroxyl groups excluding tert-OH is 3. The molecule has 0 bridgehead atoms. The van der Waals surface area contributed by atoms with Gasteiger partial charge in [0.05, 0.1) is 13.2 Å². The molecule has 94 valence electrons. The summed E-state index contributed by atoms with van der Waals surface area (Å²) in [6, 6.07) is 9.26. The molecule has 5 heteroatoms. The van der Waals surface area contributed by atoms with Crippen molar-refractivity contribution in [2.24, 2.45) is 0 Å². The maximum Gasteiger partial charge on any atom is 0.184 e. The molecular formula is C12H16O5. The molecule has 1 aliphatic rings. The fourth-order valence-corrected chi connectivity index (χ4v) is 1.79. The van der Waals surface area contributed by atoms with Crippen LogP contribution < -0.4 is 0 Å². The Morgan fingerprint density at radius 1 is 1.29 bits per heavy atom.